The smallest absolute Gasteiger partial charge is 0.274 e. The van der Waals surface area contributed by atoms with Crippen molar-refractivity contribution in [2.45, 2.75) is 25.7 Å². The number of hydrogen-bond donors (Lipinski definition) is 0. The van der Waals surface area contributed by atoms with Crippen LogP contribution in [0.4, 0.5) is 4.39 Å². The molecule has 1 amide bonds. The van der Waals surface area contributed by atoms with E-state index < -0.39 is 0 Å². The van der Waals surface area contributed by atoms with E-state index >= 15 is 0 Å². The number of amides is 1. The largest absolute Gasteiger partial charge is 0.337 e. The second kappa shape index (κ2) is 7.84. The Labute approximate surface area is 163 Å². The summed E-state index contributed by atoms with van der Waals surface area (Å²) >= 11 is 0. The first-order valence-corrected chi connectivity index (χ1v) is 9.40. The van der Waals surface area contributed by atoms with Gasteiger partial charge in [-0.2, -0.15) is 0 Å². The third kappa shape index (κ3) is 3.91. The molecule has 0 saturated carbocycles. The number of benzene rings is 1. The number of carbonyl (C=O) groups is 1. The van der Waals surface area contributed by atoms with Crippen molar-refractivity contribution in [1.82, 2.24) is 19.9 Å². The van der Waals surface area contributed by atoms with Crippen LogP contribution in [0.3, 0.4) is 0 Å². The van der Waals surface area contributed by atoms with Gasteiger partial charge < -0.3 is 4.90 Å². The molecule has 142 valence electrons. The van der Waals surface area contributed by atoms with Crippen LogP contribution in [0.2, 0.25) is 0 Å². The lowest BCUT2D eigenvalue weighted by molar-refractivity contribution is 0.0705. The van der Waals surface area contributed by atoms with E-state index in [-0.39, 0.29) is 11.7 Å². The number of rotatable bonds is 3. The molecule has 1 aliphatic rings. The highest BCUT2D eigenvalue weighted by atomic mass is 19.1. The monoisotopic (exact) mass is 376 g/mol. The highest BCUT2D eigenvalue weighted by Crippen LogP contribution is 2.30. The molecule has 0 bridgehead atoms. The molecule has 2 aromatic heterocycles. The molecular weight excluding hydrogens is 355 g/mol. The highest BCUT2D eigenvalue weighted by Gasteiger charge is 2.26. The van der Waals surface area contributed by atoms with Crippen molar-refractivity contribution in [3.05, 3.63) is 77.9 Å². The van der Waals surface area contributed by atoms with Gasteiger partial charge in [-0.05, 0) is 55.2 Å². The van der Waals surface area contributed by atoms with Gasteiger partial charge in [0.1, 0.15) is 11.5 Å². The average Bonchev–Trinajstić information content (AvgIpc) is 2.74. The van der Waals surface area contributed by atoms with Crippen molar-refractivity contribution in [3.8, 4) is 11.1 Å². The minimum absolute atomic E-state index is 0.0734. The molecule has 0 aliphatic carbocycles. The van der Waals surface area contributed by atoms with E-state index in [9.17, 15) is 9.18 Å². The van der Waals surface area contributed by atoms with Gasteiger partial charge in [0.25, 0.3) is 5.91 Å². The fourth-order valence-electron chi connectivity index (χ4n) is 3.66. The fourth-order valence-corrected chi connectivity index (χ4v) is 3.66. The van der Waals surface area contributed by atoms with Gasteiger partial charge in [0.05, 0.1) is 6.20 Å². The molecular formula is C22H21FN4O. The van der Waals surface area contributed by atoms with Gasteiger partial charge in [-0.1, -0.05) is 12.1 Å². The summed E-state index contributed by atoms with van der Waals surface area (Å²) in [6, 6.07) is 10.6. The van der Waals surface area contributed by atoms with E-state index in [2.05, 4.69) is 16.0 Å². The lowest BCUT2D eigenvalue weighted by Gasteiger charge is -2.31. The lowest BCUT2D eigenvalue weighted by Crippen LogP contribution is -2.38. The number of aromatic nitrogens is 3. The molecule has 0 unspecified atom stereocenters. The standard InChI is InChI=1S/C22H21FN4O/c1-15-12-18(16-2-4-19(23)5-3-16)13-20(26-15)17-6-10-27(11-7-17)22(28)21-14-24-8-9-25-21/h2-5,8-9,12-14,17H,6-7,10-11H2,1H3. The maximum Gasteiger partial charge on any atom is 0.274 e. The van der Waals surface area contributed by atoms with Gasteiger partial charge in [-0.25, -0.2) is 9.37 Å². The second-order valence-corrected chi connectivity index (χ2v) is 7.09. The third-order valence-corrected chi connectivity index (χ3v) is 5.13. The van der Waals surface area contributed by atoms with Gasteiger partial charge in [0, 0.05) is 42.8 Å². The highest BCUT2D eigenvalue weighted by molar-refractivity contribution is 5.92. The zero-order chi connectivity index (χ0) is 19.5. The second-order valence-electron chi connectivity index (χ2n) is 7.09. The Morgan fingerprint density at radius 3 is 2.50 bits per heavy atom. The summed E-state index contributed by atoms with van der Waals surface area (Å²) in [5.74, 6) is -0.0179. The van der Waals surface area contributed by atoms with Crippen LogP contribution in [-0.4, -0.2) is 38.8 Å². The van der Waals surface area contributed by atoms with E-state index in [1.54, 1.807) is 18.3 Å². The SMILES string of the molecule is Cc1cc(-c2ccc(F)cc2)cc(C2CCN(C(=O)c3cnccn3)CC2)n1. The maximum atomic E-state index is 13.2. The molecule has 0 spiro atoms. The van der Waals surface area contributed by atoms with Crippen LogP contribution in [0.1, 0.15) is 40.6 Å². The molecule has 5 nitrogen and oxygen atoms in total. The molecule has 1 aromatic carbocycles. The molecule has 0 atom stereocenters. The van der Waals surface area contributed by atoms with E-state index in [1.807, 2.05) is 17.9 Å². The summed E-state index contributed by atoms with van der Waals surface area (Å²) in [5, 5.41) is 0. The van der Waals surface area contributed by atoms with Gasteiger partial charge >= 0.3 is 0 Å². The summed E-state index contributed by atoms with van der Waals surface area (Å²) in [7, 11) is 0. The predicted molar refractivity (Wildman–Crippen MR) is 104 cm³/mol. The predicted octanol–water partition coefficient (Wildman–Crippen LogP) is 4.01. The fraction of sp³-hybridized carbons (Fsp3) is 0.273. The van der Waals surface area contributed by atoms with E-state index in [4.69, 9.17) is 4.98 Å². The van der Waals surface area contributed by atoms with Crippen molar-refractivity contribution in [2.75, 3.05) is 13.1 Å². The zero-order valence-electron chi connectivity index (χ0n) is 15.7. The number of nitrogens with zero attached hydrogens (tertiary/aromatic N) is 4. The number of halogens is 1. The first-order chi connectivity index (χ1) is 13.6. The van der Waals surface area contributed by atoms with Crippen LogP contribution in [0, 0.1) is 12.7 Å². The Hall–Kier alpha value is -3.15. The summed E-state index contributed by atoms with van der Waals surface area (Å²) in [4.78, 5) is 27.2. The van der Waals surface area contributed by atoms with Crippen molar-refractivity contribution < 1.29 is 9.18 Å². The van der Waals surface area contributed by atoms with Crippen LogP contribution in [0.15, 0.2) is 55.0 Å². The van der Waals surface area contributed by atoms with Crippen LogP contribution >= 0.6 is 0 Å². The minimum atomic E-state index is -0.241. The zero-order valence-corrected chi connectivity index (χ0v) is 15.7. The van der Waals surface area contributed by atoms with Gasteiger partial charge in [0.2, 0.25) is 0 Å². The molecule has 28 heavy (non-hydrogen) atoms. The summed E-state index contributed by atoms with van der Waals surface area (Å²) in [6.45, 7) is 3.31. The molecule has 1 aliphatic heterocycles. The maximum absolute atomic E-state index is 13.2. The quantitative estimate of drug-likeness (QED) is 0.693. The third-order valence-electron chi connectivity index (χ3n) is 5.13. The van der Waals surface area contributed by atoms with Crippen LogP contribution < -0.4 is 0 Å². The number of carbonyl (C=O) groups excluding carboxylic acids is 1. The molecule has 6 heteroatoms. The first kappa shape index (κ1) is 18.2. The molecule has 3 aromatic rings. The summed E-state index contributed by atoms with van der Waals surface area (Å²) in [5.41, 5.74) is 4.37. The Morgan fingerprint density at radius 1 is 1.07 bits per heavy atom. The molecule has 0 radical (unpaired) electrons. The topological polar surface area (TPSA) is 59.0 Å². The Morgan fingerprint density at radius 2 is 1.82 bits per heavy atom. The lowest BCUT2D eigenvalue weighted by atomic mass is 9.91. The Kier molecular flexibility index (Phi) is 5.10. The number of aryl methyl sites for hydroxylation is 1. The number of likely N-dealkylation sites (tertiary alicyclic amines) is 1. The van der Waals surface area contributed by atoms with Gasteiger partial charge in [-0.15, -0.1) is 0 Å². The van der Waals surface area contributed by atoms with Crippen molar-refractivity contribution in [1.29, 1.82) is 0 Å². The minimum Gasteiger partial charge on any atom is -0.337 e. The normalized spacial score (nSPS) is 14.9. The van der Waals surface area contributed by atoms with Crippen molar-refractivity contribution >= 4 is 5.91 Å². The number of hydrogen-bond acceptors (Lipinski definition) is 4. The molecule has 1 saturated heterocycles. The average molecular weight is 376 g/mol. The molecule has 1 fully saturated rings. The Balaban J connectivity index is 1.49. The molecule has 0 N–H and O–H groups in total. The van der Waals surface area contributed by atoms with Gasteiger partial charge in [-0.3, -0.25) is 14.8 Å². The Bertz CT molecular complexity index is 968. The molecule has 4 rings (SSSR count). The summed E-state index contributed by atoms with van der Waals surface area (Å²) in [6.07, 6.45) is 6.31. The van der Waals surface area contributed by atoms with E-state index in [0.717, 1.165) is 35.4 Å². The number of pyridine rings is 1. The van der Waals surface area contributed by atoms with Gasteiger partial charge in [0.15, 0.2) is 0 Å². The number of piperidine rings is 1. The van der Waals surface area contributed by atoms with Crippen LogP contribution in [-0.2, 0) is 0 Å². The summed E-state index contributed by atoms with van der Waals surface area (Å²) < 4.78 is 13.2. The van der Waals surface area contributed by atoms with Crippen molar-refractivity contribution in [3.63, 3.8) is 0 Å². The van der Waals surface area contributed by atoms with Crippen molar-refractivity contribution in [2.24, 2.45) is 0 Å². The van der Waals surface area contributed by atoms with E-state index in [0.29, 0.717) is 24.7 Å². The molecule has 3 heterocycles. The first-order valence-electron chi connectivity index (χ1n) is 9.40. The van der Waals surface area contributed by atoms with E-state index in [1.165, 1.54) is 24.5 Å². The van der Waals surface area contributed by atoms with Crippen LogP contribution in [0.5, 0.6) is 0 Å². The van der Waals surface area contributed by atoms with Crippen LogP contribution in [0.25, 0.3) is 11.1 Å².